The minimum Gasteiger partial charge on any atom is -0.329 e. The van der Waals surface area contributed by atoms with Gasteiger partial charge in [-0.05, 0) is 33.3 Å². The fraction of sp³-hybridized carbons (Fsp3) is 0.647. The van der Waals surface area contributed by atoms with Gasteiger partial charge in [0.25, 0.3) is 0 Å². The number of nitrogens with two attached hydrogens (primary N) is 1. The standard InChI is InChI=1S/C17H29N3/c1-13(2)19-5-7-20(8-6-19)17(12-18)16-10-14(3)9-15(4)11-16/h9-11,13,17H,5-8,12,18H2,1-4H3. The summed E-state index contributed by atoms with van der Waals surface area (Å²) in [6, 6.07) is 7.82. The highest BCUT2D eigenvalue weighted by Gasteiger charge is 2.25. The fourth-order valence-electron chi connectivity index (χ4n) is 3.26. The lowest BCUT2D eigenvalue weighted by Crippen LogP contribution is -2.50. The lowest BCUT2D eigenvalue weighted by molar-refractivity contribution is 0.0802. The van der Waals surface area contributed by atoms with E-state index < -0.39 is 0 Å². The molecule has 1 aromatic rings. The van der Waals surface area contributed by atoms with Crippen LogP contribution < -0.4 is 5.73 Å². The van der Waals surface area contributed by atoms with Gasteiger partial charge >= 0.3 is 0 Å². The summed E-state index contributed by atoms with van der Waals surface area (Å²) in [6.45, 7) is 14.1. The van der Waals surface area contributed by atoms with E-state index in [9.17, 15) is 0 Å². The van der Waals surface area contributed by atoms with Crippen LogP contribution in [-0.2, 0) is 0 Å². The summed E-state index contributed by atoms with van der Waals surface area (Å²) < 4.78 is 0. The van der Waals surface area contributed by atoms with Crippen molar-refractivity contribution in [2.75, 3.05) is 32.7 Å². The maximum Gasteiger partial charge on any atom is 0.0471 e. The molecule has 0 aromatic heterocycles. The molecule has 1 unspecified atom stereocenters. The Hall–Kier alpha value is -0.900. The Balaban J connectivity index is 2.09. The Kier molecular flexibility index (Phi) is 5.19. The lowest BCUT2D eigenvalue weighted by Gasteiger charge is -2.40. The number of hydrogen-bond acceptors (Lipinski definition) is 3. The van der Waals surface area contributed by atoms with Crippen molar-refractivity contribution in [3.63, 3.8) is 0 Å². The maximum atomic E-state index is 6.07. The molecule has 0 radical (unpaired) electrons. The number of nitrogens with zero attached hydrogens (tertiary/aromatic N) is 2. The second kappa shape index (κ2) is 6.70. The van der Waals surface area contributed by atoms with E-state index in [1.54, 1.807) is 0 Å². The zero-order valence-electron chi connectivity index (χ0n) is 13.4. The first-order valence-corrected chi connectivity index (χ1v) is 7.77. The Morgan fingerprint density at radius 3 is 1.90 bits per heavy atom. The molecule has 112 valence electrons. The van der Waals surface area contributed by atoms with E-state index in [1.807, 2.05) is 0 Å². The van der Waals surface area contributed by atoms with Crippen LogP contribution in [0.1, 0.15) is 36.6 Å². The molecule has 1 fully saturated rings. The zero-order chi connectivity index (χ0) is 14.7. The quantitative estimate of drug-likeness (QED) is 0.915. The molecule has 0 aliphatic carbocycles. The van der Waals surface area contributed by atoms with Gasteiger partial charge in [0.1, 0.15) is 0 Å². The molecule has 0 saturated carbocycles. The monoisotopic (exact) mass is 275 g/mol. The molecular formula is C17H29N3. The van der Waals surface area contributed by atoms with E-state index >= 15 is 0 Å². The van der Waals surface area contributed by atoms with E-state index in [4.69, 9.17) is 5.73 Å². The average molecular weight is 275 g/mol. The van der Waals surface area contributed by atoms with Crippen molar-refractivity contribution >= 4 is 0 Å². The van der Waals surface area contributed by atoms with Crippen molar-refractivity contribution in [1.29, 1.82) is 0 Å². The SMILES string of the molecule is Cc1cc(C)cc(C(CN)N2CCN(C(C)C)CC2)c1. The number of rotatable bonds is 4. The van der Waals surface area contributed by atoms with E-state index in [0.29, 0.717) is 18.6 Å². The maximum absolute atomic E-state index is 6.07. The van der Waals surface area contributed by atoms with Crippen LogP contribution in [0, 0.1) is 13.8 Å². The molecular weight excluding hydrogens is 246 g/mol. The molecule has 1 aromatic carbocycles. The van der Waals surface area contributed by atoms with Crippen molar-refractivity contribution in [1.82, 2.24) is 9.80 Å². The predicted molar refractivity (Wildman–Crippen MR) is 86.0 cm³/mol. The van der Waals surface area contributed by atoms with Crippen molar-refractivity contribution in [2.45, 2.75) is 39.8 Å². The highest BCUT2D eigenvalue weighted by molar-refractivity contribution is 5.31. The van der Waals surface area contributed by atoms with Crippen LogP contribution >= 0.6 is 0 Å². The minimum atomic E-state index is 0.364. The van der Waals surface area contributed by atoms with Crippen LogP contribution in [0.3, 0.4) is 0 Å². The van der Waals surface area contributed by atoms with Crippen molar-refractivity contribution in [3.8, 4) is 0 Å². The van der Waals surface area contributed by atoms with Gasteiger partial charge in [-0.2, -0.15) is 0 Å². The predicted octanol–water partition coefficient (Wildman–Crippen LogP) is 2.33. The Morgan fingerprint density at radius 2 is 1.45 bits per heavy atom. The third-order valence-corrected chi connectivity index (χ3v) is 4.37. The number of piperazine rings is 1. The van der Waals surface area contributed by atoms with Crippen molar-refractivity contribution < 1.29 is 0 Å². The summed E-state index contributed by atoms with van der Waals surface area (Å²) in [5.41, 5.74) is 10.1. The Bertz CT molecular complexity index is 414. The lowest BCUT2D eigenvalue weighted by atomic mass is 9.99. The van der Waals surface area contributed by atoms with Gasteiger partial charge in [0.05, 0.1) is 0 Å². The van der Waals surface area contributed by atoms with E-state index in [2.05, 4.69) is 55.7 Å². The van der Waals surface area contributed by atoms with Crippen LogP contribution in [0.25, 0.3) is 0 Å². The first-order valence-electron chi connectivity index (χ1n) is 7.77. The number of aryl methyl sites for hydroxylation is 2. The Morgan fingerprint density at radius 1 is 0.950 bits per heavy atom. The molecule has 1 atom stereocenters. The van der Waals surface area contributed by atoms with Gasteiger partial charge < -0.3 is 5.73 Å². The number of benzene rings is 1. The smallest absolute Gasteiger partial charge is 0.0471 e. The topological polar surface area (TPSA) is 32.5 Å². The van der Waals surface area contributed by atoms with Crippen molar-refractivity contribution in [3.05, 3.63) is 34.9 Å². The second-order valence-electron chi connectivity index (χ2n) is 6.34. The number of hydrogen-bond donors (Lipinski definition) is 1. The summed E-state index contributed by atoms with van der Waals surface area (Å²) in [5.74, 6) is 0. The molecule has 1 aliphatic heterocycles. The molecule has 2 rings (SSSR count). The average Bonchev–Trinajstić information content (AvgIpc) is 2.39. The summed E-state index contributed by atoms with van der Waals surface area (Å²) in [5, 5.41) is 0. The third kappa shape index (κ3) is 3.60. The molecule has 0 bridgehead atoms. The van der Waals surface area contributed by atoms with Crippen LogP contribution in [0.4, 0.5) is 0 Å². The molecule has 2 N–H and O–H groups in total. The molecule has 0 spiro atoms. The molecule has 0 amide bonds. The molecule has 3 nitrogen and oxygen atoms in total. The Labute approximate surface area is 123 Å². The van der Waals surface area contributed by atoms with Crippen LogP contribution in [0.5, 0.6) is 0 Å². The van der Waals surface area contributed by atoms with Gasteiger partial charge in [-0.3, -0.25) is 9.80 Å². The summed E-state index contributed by atoms with van der Waals surface area (Å²) in [7, 11) is 0. The molecule has 1 heterocycles. The van der Waals surface area contributed by atoms with Crippen LogP contribution in [0.15, 0.2) is 18.2 Å². The normalized spacial score (nSPS) is 19.5. The molecule has 3 heteroatoms. The van der Waals surface area contributed by atoms with Crippen molar-refractivity contribution in [2.24, 2.45) is 5.73 Å². The van der Waals surface area contributed by atoms with Gasteiger partial charge in [0.2, 0.25) is 0 Å². The van der Waals surface area contributed by atoms with Gasteiger partial charge in [0.15, 0.2) is 0 Å². The second-order valence-corrected chi connectivity index (χ2v) is 6.34. The third-order valence-electron chi connectivity index (χ3n) is 4.37. The molecule has 1 aliphatic rings. The first-order chi connectivity index (χ1) is 9.51. The summed E-state index contributed by atoms with van der Waals surface area (Å²) >= 11 is 0. The highest BCUT2D eigenvalue weighted by Crippen LogP contribution is 2.23. The molecule has 1 saturated heterocycles. The highest BCUT2D eigenvalue weighted by atomic mass is 15.3. The van der Waals surface area contributed by atoms with Crippen LogP contribution in [0.2, 0.25) is 0 Å². The minimum absolute atomic E-state index is 0.364. The van der Waals surface area contributed by atoms with Gasteiger partial charge in [-0.15, -0.1) is 0 Å². The molecule has 20 heavy (non-hydrogen) atoms. The van der Waals surface area contributed by atoms with Gasteiger partial charge in [-0.25, -0.2) is 0 Å². The van der Waals surface area contributed by atoms with Gasteiger partial charge in [-0.1, -0.05) is 29.3 Å². The van der Waals surface area contributed by atoms with Gasteiger partial charge in [0, 0.05) is 44.8 Å². The van der Waals surface area contributed by atoms with Crippen LogP contribution in [-0.4, -0.2) is 48.6 Å². The largest absolute Gasteiger partial charge is 0.329 e. The summed E-state index contributed by atoms with van der Waals surface area (Å²) in [4.78, 5) is 5.10. The van der Waals surface area contributed by atoms with E-state index in [0.717, 1.165) is 26.2 Å². The van der Waals surface area contributed by atoms with E-state index in [1.165, 1.54) is 16.7 Å². The summed E-state index contributed by atoms with van der Waals surface area (Å²) in [6.07, 6.45) is 0. The zero-order valence-corrected chi connectivity index (χ0v) is 13.4. The van der Waals surface area contributed by atoms with E-state index in [-0.39, 0.29) is 0 Å². The fourth-order valence-corrected chi connectivity index (χ4v) is 3.26. The first kappa shape index (κ1) is 15.5.